The Kier molecular flexibility index (Phi) is 6.07. The molecule has 0 atom stereocenters. The van der Waals surface area contributed by atoms with E-state index in [1.54, 1.807) is 32.4 Å². The van der Waals surface area contributed by atoms with Gasteiger partial charge in [0.25, 0.3) is 0 Å². The third kappa shape index (κ3) is 5.08. The molecular weight excluding hydrogens is 290 g/mol. The van der Waals surface area contributed by atoms with Gasteiger partial charge in [-0.15, -0.1) is 0 Å². The van der Waals surface area contributed by atoms with Crippen LogP contribution in [0.15, 0.2) is 48.5 Å². The molecule has 2 rings (SSSR count). The summed E-state index contributed by atoms with van der Waals surface area (Å²) < 4.78 is 10.4. The molecule has 0 aliphatic heterocycles. The summed E-state index contributed by atoms with van der Waals surface area (Å²) in [4.78, 5) is 12.0. The molecule has 2 aromatic rings. The topological polar surface area (TPSA) is 47.6 Å². The van der Waals surface area contributed by atoms with Crippen LogP contribution in [0.1, 0.15) is 11.1 Å². The highest BCUT2D eigenvalue weighted by atomic mass is 16.5. The molecule has 23 heavy (non-hydrogen) atoms. The fourth-order valence-electron chi connectivity index (χ4n) is 2.07. The van der Waals surface area contributed by atoms with Gasteiger partial charge in [0.15, 0.2) is 0 Å². The van der Waals surface area contributed by atoms with Crippen LogP contribution in [-0.4, -0.2) is 26.7 Å². The van der Waals surface area contributed by atoms with Crippen molar-refractivity contribution in [3.05, 3.63) is 59.7 Å². The minimum absolute atomic E-state index is 0.112. The minimum Gasteiger partial charge on any atom is -0.497 e. The maximum Gasteiger partial charge on any atom is 0.225 e. The smallest absolute Gasteiger partial charge is 0.225 e. The molecule has 4 nitrogen and oxygen atoms in total. The van der Waals surface area contributed by atoms with Gasteiger partial charge in [0.05, 0.1) is 27.2 Å². The first-order valence-electron chi connectivity index (χ1n) is 7.24. The number of hydrogen-bond donors (Lipinski definition) is 1. The second-order valence-electron chi connectivity index (χ2n) is 4.80. The Hall–Kier alpha value is -2.93. The van der Waals surface area contributed by atoms with Crippen molar-refractivity contribution >= 4 is 5.91 Å². The summed E-state index contributed by atoms with van der Waals surface area (Å²) in [5.41, 5.74) is 1.71. The van der Waals surface area contributed by atoms with Gasteiger partial charge in [-0.05, 0) is 30.3 Å². The van der Waals surface area contributed by atoms with Crippen molar-refractivity contribution in [2.75, 3.05) is 20.8 Å². The molecule has 0 bridgehead atoms. The Labute approximate surface area is 136 Å². The van der Waals surface area contributed by atoms with Gasteiger partial charge in [-0.1, -0.05) is 30.0 Å². The molecule has 0 aliphatic carbocycles. The van der Waals surface area contributed by atoms with Gasteiger partial charge >= 0.3 is 0 Å². The molecule has 0 radical (unpaired) electrons. The van der Waals surface area contributed by atoms with E-state index in [-0.39, 0.29) is 12.3 Å². The fraction of sp³-hybridized carbons (Fsp3) is 0.211. The molecule has 0 fully saturated rings. The molecule has 0 aliphatic rings. The monoisotopic (exact) mass is 309 g/mol. The number of hydrogen-bond acceptors (Lipinski definition) is 3. The zero-order valence-electron chi connectivity index (χ0n) is 13.3. The highest BCUT2D eigenvalue weighted by Gasteiger charge is 2.09. The minimum atomic E-state index is -0.112. The van der Waals surface area contributed by atoms with Gasteiger partial charge in [-0.3, -0.25) is 4.79 Å². The maximum absolute atomic E-state index is 12.0. The van der Waals surface area contributed by atoms with Gasteiger partial charge in [-0.2, -0.15) is 0 Å². The Morgan fingerprint density at radius 3 is 2.57 bits per heavy atom. The predicted octanol–water partition coefficient (Wildman–Crippen LogP) is 2.41. The molecule has 1 amide bonds. The van der Waals surface area contributed by atoms with Gasteiger partial charge < -0.3 is 14.8 Å². The molecule has 2 aromatic carbocycles. The van der Waals surface area contributed by atoms with Crippen LogP contribution < -0.4 is 14.8 Å². The molecule has 1 N–H and O–H groups in total. The van der Waals surface area contributed by atoms with Crippen molar-refractivity contribution in [2.45, 2.75) is 6.42 Å². The fourth-order valence-corrected chi connectivity index (χ4v) is 2.07. The molecule has 0 spiro atoms. The Morgan fingerprint density at radius 2 is 1.87 bits per heavy atom. The molecule has 118 valence electrons. The van der Waals surface area contributed by atoms with Crippen molar-refractivity contribution in [3.63, 3.8) is 0 Å². The van der Waals surface area contributed by atoms with Crippen LogP contribution in [0, 0.1) is 11.8 Å². The van der Waals surface area contributed by atoms with E-state index in [4.69, 9.17) is 9.47 Å². The van der Waals surface area contributed by atoms with Crippen LogP contribution in [0.5, 0.6) is 11.5 Å². The number of rotatable bonds is 5. The number of carbonyl (C=O) groups is 1. The summed E-state index contributed by atoms with van der Waals surface area (Å²) in [6, 6.07) is 15.0. The first-order valence-corrected chi connectivity index (χ1v) is 7.24. The van der Waals surface area contributed by atoms with Crippen molar-refractivity contribution in [1.29, 1.82) is 0 Å². The van der Waals surface area contributed by atoms with Gasteiger partial charge in [-0.25, -0.2) is 0 Å². The van der Waals surface area contributed by atoms with Crippen LogP contribution >= 0.6 is 0 Å². The van der Waals surface area contributed by atoms with Crippen molar-refractivity contribution < 1.29 is 14.3 Å². The zero-order valence-corrected chi connectivity index (χ0v) is 13.3. The van der Waals surface area contributed by atoms with Crippen LogP contribution in [0.3, 0.4) is 0 Å². The van der Waals surface area contributed by atoms with E-state index in [1.807, 2.05) is 30.3 Å². The normalized spacial score (nSPS) is 9.48. The molecule has 0 heterocycles. The van der Waals surface area contributed by atoms with Crippen LogP contribution in [0.4, 0.5) is 0 Å². The molecule has 0 aromatic heterocycles. The predicted molar refractivity (Wildman–Crippen MR) is 89.6 cm³/mol. The number of carbonyl (C=O) groups excluding carboxylic acids is 1. The van der Waals surface area contributed by atoms with E-state index in [0.29, 0.717) is 18.0 Å². The average Bonchev–Trinajstić information content (AvgIpc) is 2.59. The standard InChI is InChI=1S/C19H19NO3/c1-22-17-10-11-18(23-2)16(13-17)14-19(21)20-12-6-9-15-7-4-3-5-8-15/h3-5,7-8,10-11,13H,12,14H2,1-2H3,(H,20,21). The number of nitrogens with one attached hydrogen (secondary N) is 1. The lowest BCUT2D eigenvalue weighted by molar-refractivity contribution is -0.120. The lowest BCUT2D eigenvalue weighted by Crippen LogP contribution is -2.25. The Bertz CT molecular complexity index is 714. The third-order valence-corrected chi connectivity index (χ3v) is 3.22. The molecule has 0 saturated carbocycles. The van der Waals surface area contributed by atoms with E-state index < -0.39 is 0 Å². The largest absolute Gasteiger partial charge is 0.497 e. The summed E-state index contributed by atoms with van der Waals surface area (Å²) in [7, 11) is 3.17. The first kappa shape index (κ1) is 16.4. The van der Waals surface area contributed by atoms with E-state index in [1.165, 1.54) is 0 Å². The van der Waals surface area contributed by atoms with E-state index >= 15 is 0 Å². The number of ether oxygens (including phenoxy) is 2. The summed E-state index contributed by atoms with van der Waals surface area (Å²) in [5, 5.41) is 2.78. The second-order valence-corrected chi connectivity index (χ2v) is 4.80. The SMILES string of the molecule is COc1ccc(OC)c(CC(=O)NCC#Cc2ccccc2)c1. The van der Waals surface area contributed by atoms with Gasteiger partial charge in [0, 0.05) is 11.1 Å². The lowest BCUT2D eigenvalue weighted by Gasteiger charge is -2.10. The summed E-state index contributed by atoms with van der Waals surface area (Å²) >= 11 is 0. The van der Waals surface area contributed by atoms with Crippen LogP contribution in [0.25, 0.3) is 0 Å². The molecule has 0 saturated heterocycles. The van der Waals surface area contributed by atoms with E-state index in [2.05, 4.69) is 17.2 Å². The summed E-state index contributed by atoms with van der Waals surface area (Å²) in [6.07, 6.45) is 0.216. The third-order valence-electron chi connectivity index (χ3n) is 3.22. The lowest BCUT2D eigenvalue weighted by atomic mass is 10.1. The Morgan fingerprint density at radius 1 is 1.09 bits per heavy atom. The highest BCUT2D eigenvalue weighted by molar-refractivity contribution is 5.79. The highest BCUT2D eigenvalue weighted by Crippen LogP contribution is 2.24. The quantitative estimate of drug-likeness (QED) is 0.863. The van der Waals surface area contributed by atoms with Crippen LogP contribution in [-0.2, 0) is 11.2 Å². The maximum atomic E-state index is 12.0. The van der Waals surface area contributed by atoms with E-state index in [0.717, 1.165) is 11.1 Å². The number of benzene rings is 2. The molecule has 0 unspecified atom stereocenters. The Balaban J connectivity index is 1.91. The number of methoxy groups -OCH3 is 2. The number of amides is 1. The van der Waals surface area contributed by atoms with Gasteiger partial charge in [0.2, 0.25) is 5.91 Å². The van der Waals surface area contributed by atoms with Gasteiger partial charge in [0.1, 0.15) is 11.5 Å². The first-order chi connectivity index (χ1) is 11.2. The molecular formula is C19H19NO3. The second kappa shape index (κ2) is 8.50. The zero-order chi connectivity index (χ0) is 16.5. The van der Waals surface area contributed by atoms with Crippen molar-refractivity contribution in [3.8, 4) is 23.3 Å². The van der Waals surface area contributed by atoms with Crippen LogP contribution in [0.2, 0.25) is 0 Å². The molecule has 4 heteroatoms. The summed E-state index contributed by atoms with van der Waals surface area (Å²) in [5.74, 6) is 7.17. The average molecular weight is 309 g/mol. The van der Waals surface area contributed by atoms with Crippen molar-refractivity contribution in [2.24, 2.45) is 0 Å². The van der Waals surface area contributed by atoms with E-state index in [9.17, 15) is 4.79 Å². The summed E-state index contributed by atoms with van der Waals surface area (Å²) in [6.45, 7) is 0.306. The van der Waals surface area contributed by atoms with Crippen molar-refractivity contribution in [1.82, 2.24) is 5.32 Å².